The Balaban J connectivity index is 3.75. The van der Waals surface area contributed by atoms with E-state index in [1.54, 1.807) is 0 Å². The van der Waals surface area contributed by atoms with Crippen molar-refractivity contribution in [2.45, 2.75) is 19.3 Å². The quantitative estimate of drug-likeness (QED) is 0.282. The van der Waals surface area contributed by atoms with Crippen LogP contribution in [0, 0.1) is 0 Å². The van der Waals surface area contributed by atoms with E-state index in [1.807, 2.05) is 0 Å². The first-order valence-corrected chi connectivity index (χ1v) is 6.31. The lowest BCUT2D eigenvalue weighted by molar-refractivity contribution is -0.146. The van der Waals surface area contributed by atoms with Gasteiger partial charge in [0.15, 0.2) is 0 Å². The van der Waals surface area contributed by atoms with Gasteiger partial charge in [0.2, 0.25) is 0 Å². The highest BCUT2D eigenvalue weighted by Gasteiger charge is 2.13. The number of rotatable bonds is 9. The fraction of sp³-hybridized carbons (Fsp3) is 0.636. The van der Waals surface area contributed by atoms with Gasteiger partial charge < -0.3 is 9.47 Å². The lowest BCUT2D eigenvalue weighted by Gasteiger charge is -2.06. The zero-order valence-electron chi connectivity index (χ0n) is 9.55. The molecule has 4 nitrogen and oxygen atoms in total. The summed E-state index contributed by atoms with van der Waals surface area (Å²) in [6, 6.07) is 0. The molecule has 0 amide bonds. The van der Waals surface area contributed by atoms with E-state index in [2.05, 4.69) is 6.58 Å². The number of esters is 2. The van der Waals surface area contributed by atoms with Crippen molar-refractivity contribution in [2.24, 2.45) is 0 Å². The van der Waals surface area contributed by atoms with Crippen LogP contribution in [0.2, 0.25) is 0 Å². The summed E-state index contributed by atoms with van der Waals surface area (Å²) in [6.45, 7) is 3.94. The summed E-state index contributed by atoms with van der Waals surface area (Å²) in [5, 5.41) is 0. The summed E-state index contributed by atoms with van der Waals surface area (Å²) in [6.07, 6.45) is 0.989. The van der Waals surface area contributed by atoms with Gasteiger partial charge in [-0.2, -0.15) is 0 Å². The van der Waals surface area contributed by atoms with Crippen molar-refractivity contribution in [3.63, 3.8) is 0 Å². The second-order valence-corrected chi connectivity index (χ2v) is 3.98. The molecule has 0 fully saturated rings. The monoisotopic (exact) mass is 282 g/mol. The van der Waals surface area contributed by atoms with E-state index in [1.165, 1.54) is 0 Å². The third kappa shape index (κ3) is 9.01. The highest BCUT2D eigenvalue weighted by Crippen LogP contribution is 2.04. The smallest absolute Gasteiger partial charge is 0.333 e. The number of carbonyl (C=O) groups excluding carboxylic acids is 2. The maximum Gasteiger partial charge on any atom is 0.333 e. The highest BCUT2D eigenvalue weighted by molar-refractivity contribution is 6.18. The van der Waals surface area contributed by atoms with E-state index in [0.29, 0.717) is 24.6 Å². The number of alkyl halides is 2. The zero-order valence-corrected chi connectivity index (χ0v) is 11.1. The average Bonchev–Trinajstić information content (AvgIpc) is 2.29. The van der Waals surface area contributed by atoms with Gasteiger partial charge in [-0.05, 0) is 12.8 Å². The van der Waals surface area contributed by atoms with Crippen molar-refractivity contribution in [2.75, 3.05) is 25.0 Å². The molecule has 6 heteroatoms. The number of carbonyl (C=O) groups is 2. The summed E-state index contributed by atoms with van der Waals surface area (Å²) < 4.78 is 9.63. The molecule has 0 aliphatic heterocycles. The minimum absolute atomic E-state index is 0.0791. The van der Waals surface area contributed by atoms with E-state index >= 15 is 0 Å². The predicted molar refractivity (Wildman–Crippen MR) is 66.3 cm³/mol. The summed E-state index contributed by atoms with van der Waals surface area (Å²) in [4.78, 5) is 22.5. The molecule has 98 valence electrons. The largest absolute Gasteiger partial charge is 0.465 e. The van der Waals surface area contributed by atoms with Crippen LogP contribution in [0.1, 0.15) is 19.3 Å². The van der Waals surface area contributed by atoms with Crippen LogP contribution in [0.25, 0.3) is 0 Å². The topological polar surface area (TPSA) is 52.6 Å². The van der Waals surface area contributed by atoms with Crippen molar-refractivity contribution in [1.29, 1.82) is 0 Å². The molecule has 0 rings (SSSR count). The first-order valence-electron chi connectivity index (χ1n) is 5.24. The lowest BCUT2D eigenvalue weighted by atomic mass is 10.2. The first-order chi connectivity index (χ1) is 8.11. The van der Waals surface area contributed by atoms with Crippen LogP contribution in [0.15, 0.2) is 12.2 Å². The first kappa shape index (κ1) is 16.3. The van der Waals surface area contributed by atoms with Crippen molar-refractivity contribution >= 4 is 35.1 Å². The Bertz CT molecular complexity index is 266. The molecule has 0 saturated heterocycles. The fourth-order valence-electron chi connectivity index (χ4n) is 0.859. The van der Waals surface area contributed by atoms with Crippen LogP contribution >= 0.6 is 23.2 Å². The number of halogens is 2. The average molecular weight is 283 g/mol. The Labute approximate surface area is 111 Å². The van der Waals surface area contributed by atoms with Crippen LogP contribution in [0.4, 0.5) is 0 Å². The molecule has 0 N–H and O–H groups in total. The molecule has 17 heavy (non-hydrogen) atoms. The molecule has 0 atom stereocenters. The Hall–Kier alpha value is -0.740. The molecule has 0 aromatic carbocycles. The second kappa shape index (κ2) is 10.4. The van der Waals surface area contributed by atoms with Gasteiger partial charge in [0.1, 0.15) is 0 Å². The molecule has 0 radical (unpaired) electrons. The molecule has 0 aliphatic rings. The van der Waals surface area contributed by atoms with Gasteiger partial charge in [-0.15, -0.1) is 23.2 Å². The summed E-state index contributed by atoms with van der Waals surface area (Å²) in [5.74, 6) is -0.256. The summed E-state index contributed by atoms with van der Waals surface area (Å²) in [5.41, 5.74) is 0.0791. The van der Waals surface area contributed by atoms with Gasteiger partial charge in [-0.3, -0.25) is 4.79 Å². The maximum absolute atomic E-state index is 11.3. The molecule has 0 heterocycles. The molecule has 0 bridgehead atoms. The van der Waals surface area contributed by atoms with Crippen LogP contribution in [-0.4, -0.2) is 36.9 Å². The van der Waals surface area contributed by atoms with Crippen LogP contribution in [-0.2, 0) is 19.1 Å². The molecular weight excluding hydrogens is 267 g/mol. The van der Waals surface area contributed by atoms with Gasteiger partial charge in [-0.25, -0.2) is 4.79 Å². The summed E-state index contributed by atoms with van der Waals surface area (Å²) >= 11 is 10.8. The maximum atomic E-state index is 11.3. The van der Waals surface area contributed by atoms with E-state index in [-0.39, 0.29) is 25.2 Å². The Morgan fingerprint density at radius 2 is 1.53 bits per heavy atom. The van der Waals surface area contributed by atoms with Gasteiger partial charge in [0.05, 0.1) is 19.6 Å². The minimum atomic E-state index is -0.593. The third-order valence-corrected chi connectivity index (χ3v) is 2.23. The Morgan fingerprint density at radius 3 is 2.06 bits per heavy atom. The van der Waals surface area contributed by atoms with Crippen molar-refractivity contribution in [3.05, 3.63) is 12.2 Å². The standard InChI is InChI=1S/C11H16Cl2O4/c1-9(11(15)17-7-3-5-13)8-10(14)16-6-2-4-12/h1-8H2. The predicted octanol–water partition coefficient (Wildman–Crippen LogP) is 2.28. The van der Waals surface area contributed by atoms with Gasteiger partial charge in [0.25, 0.3) is 0 Å². The lowest BCUT2D eigenvalue weighted by Crippen LogP contribution is -2.14. The number of ether oxygens (including phenoxy) is 2. The van der Waals surface area contributed by atoms with Crippen LogP contribution in [0.3, 0.4) is 0 Å². The van der Waals surface area contributed by atoms with Crippen molar-refractivity contribution in [1.82, 2.24) is 0 Å². The van der Waals surface area contributed by atoms with E-state index < -0.39 is 11.9 Å². The Morgan fingerprint density at radius 1 is 1.00 bits per heavy atom. The van der Waals surface area contributed by atoms with E-state index in [0.717, 1.165) is 0 Å². The zero-order chi connectivity index (χ0) is 13.1. The number of hydrogen-bond donors (Lipinski definition) is 0. The van der Waals surface area contributed by atoms with Crippen molar-refractivity contribution in [3.8, 4) is 0 Å². The SMILES string of the molecule is C=C(CC(=O)OCCCCl)C(=O)OCCCCl. The van der Waals surface area contributed by atoms with Gasteiger partial charge >= 0.3 is 11.9 Å². The Kier molecular flexibility index (Phi) is 9.96. The van der Waals surface area contributed by atoms with Gasteiger partial charge in [-0.1, -0.05) is 6.58 Å². The molecule has 0 aromatic heterocycles. The van der Waals surface area contributed by atoms with E-state index in [9.17, 15) is 9.59 Å². The fourth-order valence-corrected chi connectivity index (χ4v) is 1.08. The van der Waals surface area contributed by atoms with Crippen molar-refractivity contribution < 1.29 is 19.1 Å². The summed E-state index contributed by atoms with van der Waals surface area (Å²) in [7, 11) is 0. The van der Waals surface area contributed by atoms with Crippen LogP contribution < -0.4 is 0 Å². The minimum Gasteiger partial charge on any atom is -0.465 e. The number of hydrogen-bond acceptors (Lipinski definition) is 4. The third-order valence-electron chi connectivity index (χ3n) is 1.70. The molecule has 0 aromatic rings. The second-order valence-electron chi connectivity index (χ2n) is 3.22. The normalized spacial score (nSPS) is 9.76. The molecular formula is C11H16Cl2O4. The van der Waals surface area contributed by atoms with E-state index in [4.69, 9.17) is 32.7 Å². The van der Waals surface area contributed by atoms with Crippen LogP contribution in [0.5, 0.6) is 0 Å². The molecule has 0 aliphatic carbocycles. The van der Waals surface area contributed by atoms with Gasteiger partial charge in [0, 0.05) is 17.3 Å². The molecule has 0 unspecified atom stereocenters. The highest BCUT2D eigenvalue weighted by atomic mass is 35.5. The molecule has 0 spiro atoms. The molecule has 0 saturated carbocycles.